The number of hydrogen-bond donors (Lipinski definition) is 0. The zero-order valence-corrected chi connectivity index (χ0v) is 10.7. The molecular formula is C15H15N3O. The van der Waals surface area contributed by atoms with Crippen LogP contribution in [-0.2, 0) is 4.74 Å². The Morgan fingerprint density at radius 3 is 2.37 bits per heavy atom. The Bertz CT molecular complexity index is 568. The van der Waals surface area contributed by atoms with Gasteiger partial charge in [-0.05, 0) is 31.0 Å². The zero-order chi connectivity index (χ0) is 13.3. The Morgan fingerprint density at radius 2 is 1.74 bits per heavy atom. The lowest BCUT2D eigenvalue weighted by Crippen LogP contribution is -2.58. The van der Waals surface area contributed by atoms with Crippen molar-refractivity contribution in [1.82, 2.24) is 0 Å². The molecule has 0 N–H and O–H groups in total. The topological polar surface area (TPSA) is 60.1 Å². The Kier molecular flexibility index (Phi) is 2.89. The molecule has 19 heavy (non-hydrogen) atoms. The lowest BCUT2D eigenvalue weighted by molar-refractivity contribution is -0.000192. The molecule has 2 fully saturated rings. The van der Waals surface area contributed by atoms with E-state index in [9.17, 15) is 0 Å². The molecule has 0 atom stereocenters. The Labute approximate surface area is 112 Å². The van der Waals surface area contributed by atoms with Crippen molar-refractivity contribution in [2.24, 2.45) is 5.41 Å². The lowest BCUT2D eigenvalue weighted by Gasteiger charge is -2.53. The van der Waals surface area contributed by atoms with Gasteiger partial charge in [-0.2, -0.15) is 10.5 Å². The summed E-state index contributed by atoms with van der Waals surface area (Å²) in [5.74, 6) is 0. The number of hydrogen-bond acceptors (Lipinski definition) is 4. The number of ether oxygens (including phenoxy) is 1. The van der Waals surface area contributed by atoms with E-state index in [2.05, 4.69) is 11.0 Å². The summed E-state index contributed by atoms with van der Waals surface area (Å²) in [6, 6.07) is 9.64. The van der Waals surface area contributed by atoms with Crippen molar-refractivity contribution in [2.45, 2.75) is 12.8 Å². The van der Waals surface area contributed by atoms with Crippen molar-refractivity contribution in [2.75, 3.05) is 31.2 Å². The summed E-state index contributed by atoms with van der Waals surface area (Å²) in [7, 11) is 0. The quantitative estimate of drug-likeness (QED) is 0.768. The van der Waals surface area contributed by atoms with Gasteiger partial charge in [-0.15, -0.1) is 0 Å². The molecule has 2 aliphatic rings. The molecule has 0 aromatic heterocycles. The summed E-state index contributed by atoms with van der Waals surface area (Å²) in [5.41, 5.74) is 2.38. The second-order valence-electron chi connectivity index (χ2n) is 5.42. The smallest absolute Gasteiger partial charge is 0.101 e. The van der Waals surface area contributed by atoms with Crippen molar-refractivity contribution in [3.8, 4) is 12.1 Å². The van der Waals surface area contributed by atoms with Crippen LogP contribution in [0.1, 0.15) is 24.0 Å². The van der Waals surface area contributed by atoms with Crippen LogP contribution in [0.5, 0.6) is 0 Å². The minimum atomic E-state index is 0.416. The molecule has 0 unspecified atom stereocenters. The first-order valence-corrected chi connectivity index (χ1v) is 6.53. The van der Waals surface area contributed by atoms with Gasteiger partial charge in [-0.25, -0.2) is 0 Å². The second-order valence-corrected chi connectivity index (χ2v) is 5.42. The number of benzene rings is 1. The third-order valence-electron chi connectivity index (χ3n) is 4.22. The van der Waals surface area contributed by atoms with Gasteiger partial charge in [-0.1, -0.05) is 0 Å². The van der Waals surface area contributed by atoms with Crippen molar-refractivity contribution >= 4 is 5.69 Å². The van der Waals surface area contributed by atoms with Crippen LogP contribution in [0.25, 0.3) is 0 Å². The standard InChI is InChI=1S/C15H15N3O/c16-8-12-1-2-14(7-13(12)9-17)18-10-15(11-18)3-5-19-6-4-15/h1-2,7H,3-6,10-11H2. The van der Waals surface area contributed by atoms with Crippen LogP contribution in [0.4, 0.5) is 5.69 Å². The molecule has 4 heteroatoms. The van der Waals surface area contributed by atoms with Crippen LogP contribution in [0.15, 0.2) is 18.2 Å². The average Bonchev–Trinajstić information content (AvgIpc) is 2.44. The molecule has 1 spiro atoms. The van der Waals surface area contributed by atoms with Crippen LogP contribution in [0, 0.1) is 28.1 Å². The fourth-order valence-corrected chi connectivity index (χ4v) is 2.99. The van der Waals surface area contributed by atoms with Crippen LogP contribution in [0.2, 0.25) is 0 Å². The highest BCUT2D eigenvalue weighted by atomic mass is 16.5. The van der Waals surface area contributed by atoms with Gasteiger partial charge in [0.25, 0.3) is 0 Å². The molecule has 0 radical (unpaired) electrons. The SMILES string of the molecule is N#Cc1ccc(N2CC3(CCOCC3)C2)cc1C#N. The number of nitrogens with zero attached hydrogens (tertiary/aromatic N) is 3. The van der Waals surface area contributed by atoms with E-state index >= 15 is 0 Å². The van der Waals surface area contributed by atoms with E-state index in [0.717, 1.165) is 44.8 Å². The predicted molar refractivity (Wildman–Crippen MR) is 70.6 cm³/mol. The lowest BCUT2D eigenvalue weighted by atomic mass is 9.73. The average molecular weight is 253 g/mol. The van der Waals surface area contributed by atoms with Gasteiger partial charge in [-0.3, -0.25) is 0 Å². The number of rotatable bonds is 1. The third-order valence-corrected chi connectivity index (χ3v) is 4.22. The zero-order valence-electron chi connectivity index (χ0n) is 10.7. The summed E-state index contributed by atoms with van der Waals surface area (Å²) in [5, 5.41) is 18.0. The molecule has 1 aromatic rings. The minimum absolute atomic E-state index is 0.416. The maximum Gasteiger partial charge on any atom is 0.101 e. The summed E-state index contributed by atoms with van der Waals surface area (Å²) >= 11 is 0. The Hall–Kier alpha value is -2.04. The molecule has 0 saturated carbocycles. The largest absolute Gasteiger partial charge is 0.381 e. The van der Waals surface area contributed by atoms with E-state index in [1.807, 2.05) is 18.2 Å². The van der Waals surface area contributed by atoms with E-state index in [0.29, 0.717) is 16.5 Å². The van der Waals surface area contributed by atoms with Crippen LogP contribution in [0.3, 0.4) is 0 Å². The van der Waals surface area contributed by atoms with Crippen molar-refractivity contribution in [1.29, 1.82) is 10.5 Å². The first-order chi connectivity index (χ1) is 9.26. The predicted octanol–water partition coefficient (Wildman–Crippen LogP) is 2.05. The van der Waals surface area contributed by atoms with Crippen LogP contribution < -0.4 is 4.90 Å². The molecule has 3 rings (SSSR count). The molecule has 2 heterocycles. The fraction of sp³-hybridized carbons (Fsp3) is 0.467. The molecule has 2 aliphatic heterocycles. The van der Waals surface area contributed by atoms with Gasteiger partial charge in [0.1, 0.15) is 12.1 Å². The molecule has 0 bridgehead atoms. The van der Waals surface area contributed by atoms with E-state index in [4.69, 9.17) is 15.3 Å². The van der Waals surface area contributed by atoms with Crippen LogP contribution >= 0.6 is 0 Å². The first kappa shape index (κ1) is 12.0. The highest BCUT2D eigenvalue weighted by molar-refractivity contribution is 5.59. The third kappa shape index (κ3) is 2.05. The van der Waals surface area contributed by atoms with Gasteiger partial charge < -0.3 is 9.64 Å². The maximum absolute atomic E-state index is 9.05. The highest BCUT2D eigenvalue weighted by Gasteiger charge is 2.43. The molecule has 1 aromatic carbocycles. The summed E-state index contributed by atoms with van der Waals surface area (Å²) in [6.07, 6.45) is 2.26. The molecule has 0 aliphatic carbocycles. The van der Waals surface area contributed by atoms with Crippen molar-refractivity contribution in [3.05, 3.63) is 29.3 Å². The minimum Gasteiger partial charge on any atom is -0.381 e. The van der Waals surface area contributed by atoms with Gasteiger partial charge in [0.05, 0.1) is 11.1 Å². The Morgan fingerprint density at radius 1 is 1.05 bits per heavy atom. The monoisotopic (exact) mass is 253 g/mol. The van der Waals surface area contributed by atoms with Crippen molar-refractivity contribution in [3.63, 3.8) is 0 Å². The number of nitriles is 2. The molecular weight excluding hydrogens is 238 g/mol. The van der Waals surface area contributed by atoms with E-state index in [1.165, 1.54) is 0 Å². The van der Waals surface area contributed by atoms with E-state index < -0.39 is 0 Å². The molecule has 0 amide bonds. The summed E-state index contributed by atoms with van der Waals surface area (Å²) in [4.78, 5) is 2.29. The first-order valence-electron chi connectivity index (χ1n) is 6.53. The molecule has 2 saturated heterocycles. The van der Waals surface area contributed by atoms with E-state index in [-0.39, 0.29) is 0 Å². The highest BCUT2D eigenvalue weighted by Crippen LogP contribution is 2.42. The number of anilines is 1. The summed E-state index contributed by atoms with van der Waals surface area (Å²) < 4.78 is 5.41. The Balaban J connectivity index is 1.75. The molecule has 4 nitrogen and oxygen atoms in total. The maximum atomic E-state index is 9.05. The van der Waals surface area contributed by atoms with Gasteiger partial charge >= 0.3 is 0 Å². The summed E-state index contributed by atoms with van der Waals surface area (Å²) in [6.45, 7) is 3.80. The fourth-order valence-electron chi connectivity index (χ4n) is 2.99. The molecule has 96 valence electrons. The van der Waals surface area contributed by atoms with Crippen LogP contribution in [-0.4, -0.2) is 26.3 Å². The van der Waals surface area contributed by atoms with E-state index in [1.54, 1.807) is 6.07 Å². The van der Waals surface area contributed by atoms with Gasteiger partial charge in [0.2, 0.25) is 0 Å². The van der Waals surface area contributed by atoms with Crippen molar-refractivity contribution < 1.29 is 4.74 Å². The van der Waals surface area contributed by atoms with Gasteiger partial charge in [0.15, 0.2) is 0 Å². The normalized spacial score (nSPS) is 20.4. The second kappa shape index (κ2) is 4.57. The van der Waals surface area contributed by atoms with Gasteiger partial charge in [0, 0.05) is 37.4 Å².